The maximum Gasteiger partial charge on any atom is 0.339 e. The lowest BCUT2D eigenvalue weighted by Gasteiger charge is -2.26. The number of nitrogens with one attached hydrogen (secondary N) is 1. The minimum absolute atomic E-state index is 0.0397. The predicted octanol–water partition coefficient (Wildman–Crippen LogP) is 4.99. The summed E-state index contributed by atoms with van der Waals surface area (Å²) in [6.07, 6.45) is 1.28. The Hall–Kier alpha value is -4.16. The Kier molecular flexibility index (Phi) is 8.60. The number of urea groups is 1. The molecule has 0 aromatic heterocycles. The normalized spacial score (nSPS) is 14.8. The van der Waals surface area contributed by atoms with Gasteiger partial charge in [-0.25, -0.2) is 9.69 Å². The van der Waals surface area contributed by atoms with Crippen molar-refractivity contribution < 1.29 is 36.5 Å². The second-order valence-electron chi connectivity index (χ2n) is 8.50. The summed E-state index contributed by atoms with van der Waals surface area (Å²) < 4.78 is 42.5. The summed E-state index contributed by atoms with van der Waals surface area (Å²) >= 11 is 3.32. The molecule has 0 aliphatic carbocycles. The van der Waals surface area contributed by atoms with E-state index in [2.05, 4.69) is 21.2 Å². The van der Waals surface area contributed by atoms with E-state index in [9.17, 15) is 22.8 Å². The van der Waals surface area contributed by atoms with E-state index < -0.39 is 28.0 Å². The Bertz CT molecular complexity index is 1600. The highest BCUT2D eigenvalue weighted by atomic mass is 79.9. The van der Waals surface area contributed by atoms with Crippen LogP contribution in [-0.2, 0) is 19.7 Å². The average molecular weight is 629 g/mol. The van der Waals surface area contributed by atoms with Crippen molar-refractivity contribution in [1.82, 2.24) is 5.32 Å². The van der Waals surface area contributed by atoms with Crippen LogP contribution in [0.5, 0.6) is 17.2 Å². The van der Waals surface area contributed by atoms with Gasteiger partial charge in [-0.1, -0.05) is 17.7 Å². The fourth-order valence-corrected chi connectivity index (χ4v) is 5.40. The van der Waals surface area contributed by atoms with Crippen LogP contribution in [-0.4, -0.2) is 39.5 Å². The summed E-state index contributed by atoms with van der Waals surface area (Å²) in [7, 11) is -4.20. The van der Waals surface area contributed by atoms with Crippen molar-refractivity contribution in [3.63, 3.8) is 0 Å². The molecule has 3 aromatic rings. The van der Waals surface area contributed by atoms with Crippen LogP contribution in [0.4, 0.5) is 10.5 Å². The number of benzene rings is 3. The van der Waals surface area contributed by atoms with E-state index in [-0.39, 0.29) is 38.7 Å². The smallest absolute Gasteiger partial charge is 0.339 e. The van der Waals surface area contributed by atoms with Gasteiger partial charge in [0.25, 0.3) is 11.8 Å². The first kappa shape index (κ1) is 28.8. The number of hydrogen-bond donors (Lipinski definition) is 1. The SMILES string of the molecule is CCOc1ccc(N2C(=O)NC(=O)/C(=C\c3cc(Br)c(OS(=O)(=O)c4ccc(C)cc4)c(OCC)c3)C2=O)cc1. The summed E-state index contributed by atoms with van der Waals surface area (Å²) in [4.78, 5) is 39.3. The summed E-state index contributed by atoms with van der Waals surface area (Å²) in [6.45, 7) is 5.99. The van der Waals surface area contributed by atoms with Crippen LogP contribution in [0.3, 0.4) is 0 Å². The zero-order valence-corrected chi connectivity index (χ0v) is 24.2. The molecule has 0 unspecified atom stereocenters. The Morgan fingerprint density at radius 3 is 2.20 bits per heavy atom. The maximum atomic E-state index is 13.3. The highest BCUT2D eigenvalue weighted by Crippen LogP contribution is 2.39. The third kappa shape index (κ3) is 6.18. The largest absolute Gasteiger partial charge is 0.494 e. The number of barbiturate groups is 1. The van der Waals surface area contributed by atoms with Crippen LogP contribution >= 0.6 is 15.9 Å². The Balaban J connectivity index is 1.69. The summed E-state index contributed by atoms with van der Waals surface area (Å²) in [5.74, 6) is -1.21. The molecule has 1 saturated heterocycles. The van der Waals surface area contributed by atoms with E-state index in [1.54, 1.807) is 31.2 Å². The molecule has 0 spiro atoms. The standard InChI is InChI=1S/C28H25BrN2O8S/c1-4-37-20-10-8-19(9-11-20)31-27(33)22(26(32)30-28(31)34)14-18-15-23(29)25(24(16-18)38-5-2)39-40(35,36)21-12-6-17(3)7-13-21/h6-16H,4-5H2,1-3H3,(H,30,32,34)/b22-14+. The van der Waals surface area contributed by atoms with Gasteiger partial charge in [-0.05, 0) is 96.9 Å². The summed E-state index contributed by atoms with van der Waals surface area (Å²) in [5, 5.41) is 2.17. The molecule has 1 aliphatic heterocycles. The zero-order chi connectivity index (χ0) is 29.0. The van der Waals surface area contributed by atoms with E-state index >= 15 is 0 Å². The molecule has 1 heterocycles. The number of carbonyl (C=O) groups excluding carboxylic acids is 3. The van der Waals surface area contributed by atoms with Crippen molar-refractivity contribution in [2.75, 3.05) is 18.1 Å². The lowest BCUT2D eigenvalue weighted by Crippen LogP contribution is -2.54. The average Bonchev–Trinajstić information content (AvgIpc) is 2.90. The number of imide groups is 2. The van der Waals surface area contributed by atoms with E-state index in [1.807, 2.05) is 13.8 Å². The molecular weight excluding hydrogens is 604 g/mol. The maximum absolute atomic E-state index is 13.3. The highest BCUT2D eigenvalue weighted by Gasteiger charge is 2.37. The number of ether oxygens (including phenoxy) is 2. The number of hydrogen-bond acceptors (Lipinski definition) is 8. The Morgan fingerprint density at radius 1 is 0.925 bits per heavy atom. The fraction of sp³-hybridized carbons (Fsp3) is 0.179. The van der Waals surface area contributed by atoms with E-state index in [4.69, 9.17) is 13.7 Å². The zero-order valence-electron chi connectivity index (χ0n) is 21.8. The monoisotopic (exact) mass is 628 g/mol. The molecular formula is C28H25BrN2O8S. The van der Waals surface area contributed by atoms with Gasteiger partial charge in [-0.15, -0.1) is 0 Å². The second kappa shape index (κ2) is 11.9. The van der Waals surface area contributed by atoms with Crippen LogP contribution in [0.25, 0.3) is 6.08 Å². The third-order valence-electron chi connectivity index (χ3n) is 5.65. The minimum Gasteiger partial charge on any atom is -0.494 e. The van der Waals surface area contributed by atoms with Gasteiger partial charge in [0, 0.05) is 0 Å². The molecule has 1 fully saturated rings. The number of nitrogens with zero attached hydrogens (tertiary/aromatic N) is 1. The Morgan fingerprint density at radius 2 is 1.57 bits per heavy atom. The van der Waals surface area contributed by atoms with Gasteiger partial charge < -0.3 is 13.7 Å². The highest BCUT2D eigenvalue weighted by molar-refractivity contribution is 9.10. The molecule has 0 saturated carbocycles. The molecule has 40 heavy (non-hydrogen) atoms. The molecule has 4 rings (SSSR count). The topological polar surface area (TPSA) is 128 Å². The van der Waals surface area contributed by atoms with Crippen molar-refractivity contribution in [2.24, 2.45) is 0 Å². The fourth-order valence-electron chi connectivity index (χ4n) is 3.79. The quantitative estimate of drug-likeness (QED) is 0.199. The van der Waals surface area contributed by atoms with Gasteiger partial charge in [0.05, 0.1) is 23.4 Å². The molecule has 208 valence electrons. The van der Waals surface area contributed by atoms with Gasteiger partial charge in [0.15, 0.2) is 11.5 Å². The van der Waals surface area contributed by atoms with Crippen molar-refractivity contribution in [1.29, 1.82) is 0 Å². The Labute approximate surface area is 239 Å². The minimum atomic E-state index is -4.20. The van der Waals surface area contributed by atoms with Gasteiger partial charge in [-0.3, -0.25) is 14.9 Å². The first-order valence-corrected chi connectivity index (χ1v) is 14.4. The van der Waals surface area contributed by atoms with Crippen LogP contribution in [0.1, 0.15) is 25.0 Å². The van der Waals surface area contributed by atoms with Crippen molar-refractivity contribution in [3.8, 4) is 17.2 Å². The predicted molar refractivity (Wildman–Crippen MR) is 151 cm³/mol. The van der Waals surface area contributed by atoms with Crippen LogP contribution in [0.2, 0.25) is 0 Å². The first-order chi connectivity index (χ1) is 19.0. The first-order valence-electron chi connectivity index (χ1n) is 12.2. The van der Waals surface area contributed by atoms with Crippen molar-refractivity contribution >= 4 is 55.7 Å². The van der Waals surface area contributed by atoms with Crippen LogP contribution in [0, 0.1) is 6.92 Å². The molecule has 4 amide bonds. The van der Waals surface area contributed by atoms with Crippen LogP contribution < -0.4 is 23.9 Å². The molecule has 10 nitrogen and oxygen atoms in total. The number of aryl methyl sites for hydroxylation is 1. The van der Waals surface area contributed by atoms with Crippen molar-refractivity contribution in [2.45, 2.75) is 25.7 Å². The molecule has 1 N–H and O–H groups in total. The number of rotatable bonds is 9. The van der Waals surface area contributed by atoms with Crippen molar-refractivity contribution in [3.05, 3.63) is 81.8 Å². The lowest BCUT2D eigenvalue weighted by molar-refractivity contribution is -0.122. The molecule has 3 aromatic carbocycles. The van der Waals surface area contributed by atoms with Gasteiger partial charge in [0.1, 0.15) is 16.2 Å². The molecule has 1 aliphatic rings. The van der Waals surface area contributed by atoms with E-state index in [1.165, 1.54) is 42.5 Å². The summed E-state index contributed by atoms with van der Waals surface area (Å²) in [6, 6.07) is 14.4. The lowest BCUT2D eigenvalue weighted by atomic mass is 10.1. The van der Waals surface area contributed by atoms with Gasteiger partial charge in [-0.2, -0.15) is 8.42 Å². The number of anilines is 1. The second-order valence-corrected chi connectivity index (χ2v) is 10.9. The van der Waals surface area contributed by atoms with E-state index in [0.29, 0.717) is 17.9 Å². The number of carbonyl (C=O) groups is 3. The molecule has 12 heteroatoms. The van der Waals surface area contributed by atoms with Crippen LogP contribution in [0.15, 0.2) is 75.6 Å². The van der Waals surface area contributed by atoms with Gasteiger partial charge >= 0.3 is 16.1 Å². The summed E-state index contributed by atoms with van der Waals surface area (Å²) in [5.41, 5.74) is 1.13. The van der Waals surface area contributed by atoms with Gasteiger partial charge in [0.2, 0.25) is 0 Å². The molecule has 0 bridgehead atoms. The molecule has 0 radical (unpaired) electrons. The number of amides is 4. The number of halogens is 1. The van der Waals surface area contributed by atoms with E-state index in [0.717, 1.165) is 10.5 Å². The molecule has 0 atom stereocenters. The third-order valence-corrected chi connectivity index (χ3v) is 7.48.